The second kappa shape index (κ2) is 6.26. The van der Waals surface area contributed by atoms with Gasteiger partial charge in [0.05, 0.1) is 0 Å². The van der Waals surface area contributed by atoms with Gasteiger partial charge in [-0.2, -0.15) is 0 Å². The summed E-state index contributed by atoms with van der Waals surface area (Å²) in [5.74, 6) is 1.09. The van der Waals surface area contributed by atoms with Crippen LogP contribution in [0, 0.1) is 10.5 Å². The molecule has 0 saturated heterocycles. The summed E-state index contributed by atoms with van der Waals surface area (Å²) in [6.07, 6.45) is 1.98. The molecule has 0 nitrogen and oxygen atoms in total. The van der Waals surface area contributed by atoms with E-state index in [4.69, 9.17) is 0 Å². The second-order valence-corrected chi connectivity index (χ2v) is 2.52. The third-order valence-electron chi connectivity index (χ3n) is 0.360. The van der Waals surface area contributed by atoms with E-state index in [9.17, 15) is 0 Å². The summed E-state index contributed by atoms with van der Waals surface area (Å²) in [5.41, 5.74) is 0. The van der Waals surface area contributed by atoms with Crippen molar-refractivity contribution >= 4 is 23.5 Å². The first-order chi connectivity index (χ1) is 3.41. The van der Waals surface area contributed by atoms with Crippen molar-refractivity contribution in [3.05, 3.63) is 0 Å². The van der Waals surface area contributed by atoms with Crippen molar-refractivity contribution in [2.24, 2.45) is 0 Å². The van der Waals surface area contributed by atoms with E-state index in [1.807, 2.05) is 6.26 Å². The molecule has 0 fully saturated rings. The van der Waals surface area contributed by atoms with Crippen LogP contribution in [0.3, 0.4) is 0 Å². The minimum absolute atomic E-state index is 1.09. The third kappa shape index (κ3) is 6.26. The van der Waals surface area contributed by atoms with Gasteiger partial charge in [-0.3, -0.25) is 0 Å². The lowest BCUT2D eigenvalue weighted by atomic mass is 11.0. The van der Waals surface area contributed by atoms with Gasteiger partial charge >= 0.3 is 0 Å². The van der Waals surface area contributed by atoms with Gasteiger partial charge in [-0.05, 0) is 16.8 Å². The van der Waals surface area contributed by atoms with E-state index in [1.165, 1.54) is 0 Å². The van der Waals surface area contributed by atoms with E-state index < -0.39 is 0 Å². The molecule has 0 amide bonds. The molecule has 7 heavy (non-hydrogen) atoms. The van der Waals surface area contributed by atoms with Gasteiger partial charge in [0.25, 0.3) is 0 Å². The third-order valence-corrected chi connectivity index (χ3v) is 1.33. The van der Waals surface area contributed by atoms with E-state index in [1.54, 1.807) is 23.5 Å². The zero-order chi connectivity index (χ0) is 5.54. The topological polar surface area (TPSA) is 0 Å². The Morgan fingerprint density at radius 2 is 2.14 bits per heavy atom. The van der Waals surface area contributed by atoms with Gasteiger partial charge < -0.3 is 0 Å². The molecule has 0 bridgehead atoms. The summed E-state index contributed by atoms with van der Waals surface area (Å²) < 4.78 is 0. The quantitative estimate of drug-likeness (QED) is 0.501. The smallest absolute Gasteiger partial charge is 0.00285 e. The van der Waals surface area contributed by atoms with Gasteiger partial charge in [0.15, 0.2) is 0 Å². The Morgan fingerprint density at radius 3 is 2.57 bits per heavy atom. The molecule has 0 atom stereocenters. The van der Waals surface area contributed by atoms with Crippen LogP contribution < -0.4 is 0 Å². The molecular weight excluding hydrogens is 124 g/mol. The first kappa shape index (κ1) is 7.26. The van der Waals surface area contributed by atoms with Crippen LogP contribution in [-0.2, 0) is 0 Å². The van der Waals surface area contributed by atoms with Gasteiger partial charge in [0.2, 0.25) is 0 Å². The summed E-state index contributed by atoms with van der Waals surface area (Å²) >= 11 is 3.21. The summed E-state index contributed by atoms with van der Waals surface area (Å²) in [6, 6.07) is 0. The van der Waals surface area contributed by atoms with Gasteiger partial charge in [-0.25, -0.2) is 0 Å². The van der Waals surface area contributed by atoms with E-state index >= 15 is 0 Å². The molecule has 0 radical (unpaired) electrons. The van der Waals surface area contributed by atoms with E-state index in [-0.39, 0.29) is 0 Å². The minimum Gasteiger partial charge on any atom is -0.0776 e. The van der Waals surface area contributed by atoms with Crippen molar-refractivity contribution in [1.29, 1.82) is 0 Å². The Balaban J connectivity index is 2.91. The van der Waals surface area contributed by atoms with Gasteiger partial charge in [0, 0.05) is 5.75 Å². The fourth-order valence-electron chi connectivity index (χ4n) is 0.143. The average molecular weight is 132 g/mol. The second-order valence-electron chi connectivity index (χ2n) is 0.841. The molecule has 0 aromatic rings. The molecule has 0 aliphatic carbocycles. The standard InChI is InChI=1S/C5H8S2/c1-3-7-5-4-6-2/h3H2,1-2H3. The molecule has 0 saturated carbocycles. The predicted octanol–water partition coefficient (Wildman–Crippen LogP) is 2.02. The zero-order valence-corrected chi connectivity index (χ0v) is 6.16. The zero-order valence-electron chi connectivity index (χ0n) is 4.52. The van der Waals surface area contributed by atoms with Crippen LogP contribution in [-0.4, -0.2) is 12.0 Å². The molecule has 0 heterocycles. The molecule has 0 aliphatic heterocycles. The highest BCUT2D eigenvalue weighted by atomic mass is 32.2. The van der Waals surface area contributed by atoms with E-state index in [0.717, 1.165) is 5.75 Å². The average Bonchev–Trinajstić information content (AvgIpc) is 1.69. The molecule has 2 heteroatoms. The lowest BCUT2D eigenvalue weighted by molar-refractivity contribution is 1.54. The largest absolute Gasteiger partial charge is 0.0776 e. The van der Waals surface area contributed by atoms with Crippen LogP contribution in [0.15, 0.2) is 0 Å². The molecule has 0 rings (SSSR count). The van der Waals surface area contributed by atoms with Gasteiger partial charge in [-0.15, -0.1) is 0 Å². The molecule has 0 aliphatic rings. The molecule has 0 spiro atoms. The normalized spacial score (nSPS) is 7.14. The number of rotatable bonds is 1. The summed E-state index contributed by atoms with van der Waals surface area (Å²) in [4.78, 5) is 0. The lowest BCUT2D eigenvalue weighted by Crippen LogP contribution is -1.55. The fourth-order valence-corrected chi connectivity index (χ4v) is 0.857. The van der Waals surface area contributed by atoms with Gasteiger partial charge in [0.1, 0.15) is 0 Å². The van der Waals surface area contributed by atoms with Crippen LogP contribution in [0.25, 0.3) is 0 Å². The molecule has 0 N–H and O–H groups in total. The Kier molecular flexibility index (Phi) is 6.49. The summed E-state index contributed by atoms with van der Waals surface area (Å²) in [5, 5.41) is 5.79. The maximum Gasteiger partial charge on any atom is 0.00285 e. The van der Waals surface area contributed by atoms with Crippen molar-refractivity contribution in [3.63, 3.8) is 0 Å². The highest BCUT2D eigenvalue weighted by Crippen LogP contribution is 1.95. The summed E-state index contributed by atoms with van der Waals surface area (Å²) in [7, 11) is 0. The van der Waals surface area contributed by atoms with Crippen molar-refractivity contribution in [2.45, 2.75) is 6.92 Å². The SMILES string of the molecule is CCSC#CSC. The van der Waals surface area contributed by atoms with Crippen LogP contribution in [0.2, 0.25) is 0 Å². The Morgan fingerprint density at radius 1 is 1.43 bits per heavy atom. The maximum absolute atomic E-state index is 2.91. The molecule has 40 valence electrons. The van der Waals surface area contributed by atoms with Crippen LogP contribution in [0.5, 0.6) is 0 Å². The number of hydrogen-bond acceptors (Lipinski definition) is 2. The van der Waals surface area contributed by atoms with Crippen LogP contribution in [0.4, 0.5) is 0 Å². The van der Waals surface area contributed by atoms with Crippen molar-refractivity contribution in [2.75, 3.05) is 12.0 Å². The molecule has 0 unspecified atom stereocenters. The number of thioether (sulfide) groups is 2. The van der Waals surface area contributed by atoms with E-state index in [0.29, 0.717) is 0 Å². The van der Waals surface area contributed by atoms with E-state index in [2.05, 4.69) is 17.4 Å². The fraction of sp³-hybridized carbons (Fsp3) is 0.600. The van der Waals surface area contributed by atoms with Crippen LogP contribution in [0.1, 0.15) is 6.92 Å². The van der Waals surface area contributed by atoms with Crippen molar-refractivity contribution < 1.29 is 0 Å². The minimum atomic E-state index is 1.09. The highest BCUT2D eigenvalue weighted by molar-refractivity contribution is 8.06. The van der Waals surface area contributed by atoms with Gasteiger partial charge in [-0.1, -0.05) is 30.4 Å². The Bertz CT molecular complexity index is 77.8. The van der Waals surface area contributed by atoms with Crippen LogP contribution >= 0.6 is 23.5 Å². The molecule has 0 aromatic carbocycles. The Hall–Kier alpha value is 0.260. The molecule has 0 aromatic heterocycles. The highest BCUT2D eigenvalue weighted by Gasteiger charge is 1.66. The monoisotopic (exact) mass is 132 g/mol. The van der Waals surface area contributed by atoms with Crippen molar-refractivity contribution in [3.8, 4) is 10.5 Å². The first-order valence-electron chi connectivity index (χ1n) is 2.06. The first-order valence-corrected chi connectivity index (χ1v) is 4.27. The lowest BCUT2D eigenvalue weighted by Gasteiger charge is -1.73. The maximum atomic E-state index is 2.91. The Labute approximate surface area is 53.4 Å². The number of hydrogen-bond donors (Lipinski definition) is 0. The predicted molar refractivity (Wildman–Crippen MR) is 39.4 cm³/mol. The van der Waals surface area contributed by atoms with Crippen molar-refractivity contribution in [1.82, 2.24) is 0 Å². The summed E-state index contributed by atoms with van der Waals surface area (Å²) in [6.45, 7) is 2.10. The molecular formula is C5H8S2.